The van der Waals surface area contributed by atoms with Crippen LogP contribution in [-0.4, -0.2) is 43.3 Å². The number of quaternary nitrogens is 1. The number of amides is 1. The van der Waals surface area contributed by atoms with Crippen LogP contribution in [-0.2, 0) is 6.54 Å². The summed E-state index contributed by atoms with van der Waals surface area (Å²) in [4.78, 5) is 14.7. The topological polar surface area (TPSA) is 60.8 Å². The fraction of sp³-hybridized carbons (Fsp3) is 0.480. The predicted molar refractivity (Wildman–Crippen MR) is 124 cm³/mol. The van der Waals surface area contributed by atoms with Gasteiger partial charge in [-0.05, 0) is 58.2 Å². The molecule has 2 heterocycles. The average Bonchev–Trinajstić information content (AvgIpc) is 3.28. The lowest BCUT2D eigenvalue weighted by Gasteiger charge is -2.18. The van der Waals surface area contributed by atoms with Gasteiger partial charge in [-0.15, -0.1) is 0 Å². The number of aromatic nitrogens is 1. The van der Waals surface area contributed by atoms with Gasteiger partial charge in [-0.3, -0.25) is 4.79 Å². The van der Waals surface area contributed by atoms with Crippen molar-refractivity contribution in [1.29, 1.82) is 0 Å². The maximum atomic E-state index is 13.1. The molecule has 3 aromatic rings. The first-order valence-corrected chi connectivity index (χ1v) is 11.3. The van der Waals surface area contributed by atoms with Gasteiger partial charge in [0.15, 0.2) is 5.58 Å². The summed E-state index contributed by atoms with van der Waals surface area (Å²) >= 11 is 0. The van der Waals surface area contributed by atoms with Crippen LogP contribution < -0.4 is 15.0 Å². The van der Waals surface area contributed by atoms with Crippen LogP contribution in [0.25, 0.3) is 11.1 Å². The number of carbonyl (C=O) groups is 1. The highest BCUT2D eigenvalue weighted by atomic mass is 16.5. The molecule has 1 atom stereocenters. The summed E-state index contributed by atoms with van der Waals surface area (Å²) < 4.78 is 13.1. The third-order valence-electron chi connectivity index (χ3n) is 5.99. The van der Waals surface area contributed by atoms with Crippen molar-refractivity contribution < 1.29 is 18.8 Å². The summed E-state index contributed by atoms with van der Waals surface area (Å²) in [6, 6.07) is 11.9. The van der Waals surface area contributed by atoms with E-state index in [0.29, 0.717) is 12.2 Å². The first kappa shape index (κ1) is 22.9. The van der Waals surface area contributed by atoms with Crippen molar-refractivity contribution in [2.45, 2.75) is 53.1 Å². The zero-order chi connectivity index (χ0) is 22.4. The van der Waals surface area contributed by atoms with Gasteiger partial charge in [-0.25, -0.2) is 0 Å². The van der Waals surface area contributed by atoms with Crippen molar-refractivity contribution in [3.63, 3.8) is 0 Å². The first-order valence-electron chi connectivity index (χ1n) is 11.3. The van der Waals surface area contributed by atoms with Gasteiger partial charge >= 0.3 is 0 Å². The molecule has 0 aliphatic rings. The number of nitrogens with zero attached hydrogens (tertiary/aromatic N) is 1. The highest BCUT2D eigenvalue weighted by Gasteiger charge is 2.20. The molecule has 1 aromatic carbocycles. The molecule has 0 spiro atoms. The van der Waals surface area contributed by atoms with Gasteiger partial charge < -0.3 is 23.9 Å². The Labute approximate surface area is 185 Å². The summed E-state index contributed by atoms with van der Waals surface area (Å²) in [7, 11) is 1.66. The largest absolute Gasteiger partial charge is 0.497 e. The van der Waals surface area contributed by atoms with E-state index in [1.807, 2.05) is 47.9 Å². The molecule has 3 rings (SSSR count). The van der Waals surface area contributed by atoms with Crippen LogP contribution in [0.4, 0.5) is 0 Å². The van der Waals surface area contributed by atoms with E-state index >= 15 is 0 Å². The number of benzene rings is 1. The number of aryl methyl sites for hydroxylation is 1. The van der Waals surface area contributed by atoms with E-state index in [2.05, 4.69) is 26.1 Å². The van der Waals surface area contributed by atoms with Crippen molar-refractivity contribution in [2.24, 2.45) is 0 Å². The van der Waals surface area contributed by atoms with E-state index in [-0.39, 0.29) is 11.9 Å². The minimum absolute atomic E-state index is 0.0553. The van der Waals surface area contributed by atoms with E-state index < -0.39 is 0 Å². The summed E-state index contributed by atoms with van der Waals surface area (Å²) in [5, 5.41) is 3.19. The molecule has 31 heavy (non-hydrogen) atoms. The molecule has 6 nitrogen and oxygen atoms in total. The Hall–Kier alpha value is -2.73. The molecule has 2 N–H and O–H groups in total. The molecule has 0 aliphatic carbocycles. The molecule has 2 aromatic heterocycles. The third-order valence-corrected chi connectivity index (χ3v) is 5.99. The number of fused-ring (bicyclic) bond motifs is 1. The number of ether oxygens (including phenoxy) is 1. The number of furan rings is 1. The van der Waals surface area contributed by atoms with Crippen molar-refractivity contribution in [1.82, 2.24) is 9.88 Å². The minimum atomic E-state index is -0.0553. The molecule has 0 aliphatic heterocycles. The molecule has 0 radical (unpaired) electrons. The fourth-order valence-corrected chi connectivity index (χ4v) is 4.07. The van der Waals surface area contributed by atoms with Crippen LogP contribution in [0.1, 0.15) is 55.4 Å². The van der Waals surface area contributed by atoms with E-state index in [4.69, 9.17) is 9.15 Å². The summed E-state index contributed by atoms with van der Waals surface area (Å²) in [6.45, 7) is 12.5. The van der Waals surface area contributed by atoms with Crippen LogP contribution in [0, 0.1) is 6.92 Å². The molecule has 0 fully saturated rings. The molecule has 0 saturated heterocycles. The minimum Gasteiger partial charge on any atom is -0.497 e. The monoisotopic (exact) mass is 426 g/mol. The average molecular weight is 427 g/mol. The highest BCUT2D eigenvalue weighted by molar-refractivity contribution is 5.97. The van der Waals surface area contributed by atoms with Crippen LogP contribution >= 0.6 is 0 Å². The zero-order valence-electron chi connectivity index (χ0n) is 19.5. The Morgan fingerprint density at radius 1 is 1.19 bits per heavy atom. The molecule has 168 valence electrons. The second-order valence-corrected chi connectivity index (χ2v) is 8.29. The number of hydrogen-bond donors (Lipinski definition) is 2. The van der Waals surface area contributed by atoms with Gasteiger partial charge in [0.1, 0.15) is 17.2 Å². The Kier molecular flexibility index (Phi) is 7.80. The van der Waals surface area contributed by atoms with Crippen LogP contribution in [0.2, 0.25) is 0 Å². The first-order chi connectivity index (χ1) is 14.9. The lowest BCUT2D eigenvalue weighted by Crippen LogP contribution is -3.11. The lowest BCUT2D eigenvalue weighted by atomic mass is 10.1. The zero-order valence-corrected chi connectivity index (χ0v) is 19.5. The van der Waals surface area contributed by atoms with E-state index in [1.165, 1.54) is 0 Å². The van der Waals surface area contributed by atoms with Crippen molar-refractivity contribution in [3.05, 3.63) is 53.4 Å². The molecule has 1 amide bonds. The SMILES string of the molecule is CC[NH+](CC)CCC[C@@H](C)NC(=O)c1cc2oc(C)cc2n1Cc1ccc(OC)cc1. The van der Waals surface area contributed by atoms with Crippen LogP contribution in [0.3, 0.4) is 0 Å². The number of hydrogen-bond acceptors (Lipinski definition) is 3. The predicted octanol–water partition coefficient (Wildman–Crippen LogP) is 3.42. The molecule has 0 bridgehead atoms. The lowest BCUT2D eigenvalue weighted by molar-refractivity contribution is -0.896. The number of rotatable bonds is 11. The summed E-state index contributed by atoms with van der Waals surface area (Å²) in [6.07, 6.45) is 2.08. The van der Waals surface area contributed by atoms with E-state index in [0.717, 1.165) is 60.6 Å². The molecule has 0 saturated carbocycles. The number of nitrogens with one attached hydrogen (secondary N) is 2. The van der Waals surface area contributed by atoms with Crippen LogP contribution in [0.15, 0.2) is 40.8 Å². The third kappa shape index (κ3) is 5.70. The molecular formula is C25H36N3O3+. The van der Waals surface area contributed by atoms with Crippen molar-refractivity contribution in [2.75, 3.05) is 26.7 Å². The Bertz CT molecular complexity index is 984. The Morgan fingerprint density at radius 3 is 2.55 bits per heavy atom. The number of carbonyl (C=O) groups excluding carboxylic acids is 1. The smallest absolute Gasteiger partial charge is 0.268 e. The molecule has 6 heteroatoms. The van der Waals surface area contributed by atoms with Gasteiger partial charge in [0, 0.05) is 24.7 Å². The van der Waals surface area contributed by atoms with Gasteiger partial charge in [0.25, 0.3) is 5.91 Å². The Balaban J connectivity index is 1.73. The van der Waals surface area contributed by atoms with Gasteiger partial charge in [0.05, 0.1) is 32.3 Å². The standard InChI is InChI=1S/C25H35N3O3/c1-6-27(7-2)14-8-9-18(3)26-25(29)23-16-24-22(15-19(4)31-24)28(23)17-20-10-12-21(30-5)13-11-20/h10-13,15-16,18H,6-9,14,17H2,1-5H3,(H,26,29)/p+1/t18-/m1/s1. The number of methoxy groups -OCH3 is 1. The Morgan fingerprint density at radius 2 is 1.90 bits per heavy atom. The second-order valence-electron chi connectivity index (χ2n) is 8.29. The normalized spacial score (nSPS) is 12.5. The van der Waals surface area contributed by atoms with E-state index in [9.17, 15) is 4.79 Å². The van der Waals surface area contributed by atoms with E-state index in [1.54, 1.807) is 12.0 Å². The summed E-state index contributed by atoms with van der Waals surface area (Å²) in [5.41, 5.74) is 3.41. The molecular weight excluding hydrogens is 390 g/mol. The summed E-state index contributed by atoms with van der Waals surface area (Å²) in [5.74, 6) is 1.60. The van der Waals surface area contributed by atoms with Gasteiger partial charge in [-0.2, -0.15) is 0 Å². The second kappa shape index (κ2) is 10.5. The van der Waals surface area contributed by atoms with Crippen molar-refractivity contribution in [3.8, 4) is 5.75 Å². The van der Waals surface area contributed by atoms with Crippen molar-refractivity contribution >= 4 is 17.0 Å². The van der Waals surface area contributed by atoms with Gasteiger partial charge in [0.2, 0.25) is 0 Å². The van der Waals surface area contributed by atoms with Gasteiger partial charge in [-0.1, -0.05) is 12.1 Å². The maximum Gasteiger partial charge on any atom is 0.268 e. The maximum absolute atomic E-state index is 13.1. The fourth-order valence-electron chi connectivity index (χ4n) is 4.07. The quantitative estimate of drug-likeness (QED) is 0.494. The van der Waals surface area contributed by atoms with Crippen LogP contribution in [0.5, 0.6) is 5.75 Å². The highest BCUT2D eigenvalue weighted by Crippen LogP contribution is 2.25. The molecule has 0 unspecified atom stereocenters.